The molecule has 1 aromatic heterocycles. The number of aromatic nitrogens is 2. The van der Waals surface area contributed by atoms with Gasteiger partial charge in [-0.25, -0.2) is 0 Å². The minimum Gasteiger partial charge on any atom is -0.481 e. The second kappa shape index (κ2) is 7.18. The lowest BCUT2D eigenvalue weighted by Gasteiger charge is -2.50. The second-order valence-corrected chi connectivity index (χ2v) is 10.3. The fourth-order valence-corrected chi connectivity index (χ4v) is 5.28. The lowest BCUT2D eigenvalue weighted by Crippen LogP contribution is -2.63. The van der Waals surface area contributed by atoms with Gasteiger partial charge in [0.2, 0.25) is 5.91 Å². The van der Waals surface area contributed by atoms with E-state index >= 15 is 0 Å². The molecule has 3 aliphatic rings. The summed E-state index contributed by atoms with van der Waals surface area (Å²) in [6.07, 6.45) is 4.13. The number of carboxylic acid groups (broad SMARTS) is 1. The highest BCUT2D eigenvalue weighted by Crippen LogP contribution is 2.54. The number of rotatable bonds is 5. The first-order valence-corrected chi connectivity index (χ1v) is 11.1. The van der Waals surface area contributed by atoms with Crippen molar-refractivity contribution in [3.63, 3.8) is 0 Å². The molecule has 1 saturated carbocycles. The molecular formula is C24H28N4O4. The summed E-state index contributed by atoms with van der Waals surface area (Å²) in [5.74, 6) is -1.61. The molecule has 2 aromatic rings. The number of amides is 2. The van der Waals surface area contributed by atoms with Gasteiger partial charge in [-0.3, -0.25) is 19.1 Å². The average Bonchev–Trinajstić information content (AvgIpc) is 3.10. The Kier molecular flexibility index (Phi) is 4.65. The fraction of sp³-hybridized carbons (Fsp3) is 0.500. The molecule has 2 atom stereocenters. The van der Waals surface area contributed by atoms with E-state index < -0.39 is 17.3 Å². The summed E-state index contributed by atoms with van der Waals surface area (Å²) in [7, 11) is 0. The van der Waals surface area contributed by atoms with Gasteiger partial charge in [0.15, 0.2) is 0 Å². The smallest absolute Gasteiger partial charge is 0.309 e. The molecular weight excluding hydrogens is 408 g/mol. The van der Waals surface area contributed by atoms with E-state index in [1.54, 1.807) is 20.7 Å². The minimum atomic E-state index is -0.904. The molecule has 8 nitrogen and oxygen atoms in total. The summed E-state index contributed by atoms with van der Waals surface area (Å²) in [5, 5.41) is 14.1. The largest absolute Gasteiger partial charge is 0.481 e. The van der Waals surface area contributed by atoms with Crippen molar-refractivity contribution < 1.29 is 19.5 Å². The van der Waals surface area contributed by atoms with Crippen LogP contribution in [0.3, 0.4) is 0 Å². The first kappa shape index (κ1) is 20.7. The lowest BCUT2D eigenvalue weighted by molar-refractivity contribution is -0.158. The number of carbonyl (C=O) groups is 3. The number of carbonyl (C=O) groups excluding carboxylic acids is 2. The second-order valence-electron chi connectivity index (χ2n) is 10.3. The van der Waals surface area contributed by atoms with E-state index in [0.29, 0.717) is 31.7 Å². The maximum Gasteiger partial charge on any atom is 0.309 e. The van der Waals surface area contributed by atoms with E-state index in [-0.39, 0.29) is 29.7 Å². The van der Waals surface area contributed by atoms with Crippen molar-refractivity contribution in [3.8, 4) is 0 Å². The Balaban J connectivity index is 1.26. The third kappa shape index (κ3) is 3.47. The molecule has 1 N–H and O–H groups in total. The van der Waals surface area contributed by atoms with Gasteiger partial charge in [-0.15, -0.1) is 0 Å². The summed E-state index contributed by atoms with van der Waals surface area (Å²) in [6, 6.07) is 9.85. The van der Waals surface area contributed by atoms with E-state index in [0.717, 1.165) is 12.0 Å². The molecule has 2 aliphatic heterocycles. The van der Waals surface area contributed by atoms with Crippen LogP contribution < -0.4 is 0 Å². The molecule has 5 rings (SSSR count). The molecule has 0 bridgehead atoms. The SMILES string of the molecule is CC1(C)C[C@@H]1C(=O)N1CC2(CN(C(=O)c3cnn(Cc4ccccc4)c3)CC2C(=O)O)C1. The van der Waals surface area contributed by atoms with E-state index in [9.17, 15) is 19.5 Å². The molecule has 3 fully saturated rings. The predicted octanol–water partition coefficient (Wildman–Crippen LogP) is 1.96. The fourth-order valence-electron chi connectivity index (χ4n) is 5.28. The Morgan fingerprint density at radius 3 is 2.34 bits per heavy atom. The van der Waals surface area contributed by atoms with Crippen molar-refractivity contribution >= 4 is 17.8 Å². The number of benzene rings is 1. The first-order valence-electron chi connectivity index (χ1n) is 11.1. The normalized spacial score (nSPS) is 24.9. The number of nitrogens with zero attached hydrogens (tertiary/aromatic N) is 4. The molecule has 1 unspecified atom stereocenters. The van der Waals surface area contributed by atoms with Crippen LogP contribution in [0.15, 0.2) is 42.7 Å². The van der Waals surface area contributed by atoms with E-state index in [4.69, 9.17) is 0 Å². The molecule has 3 heterocycles. The number of likely N-dealkylation sites (tertiary alicyclic amines) is 2. The van der Waals surface area contributed by atoms with Crippen molar-refractivity contribution in [3.05, 3.63) is 53.9 Å². The van der Waals surface area contributed by atoms with Crippen LogP contribution in [0.25, 0.3) is 0 Å². The quantitative estimate of drug-likeness (QED) is 0.773. The maximum atomic E-state index is 13.1. The number of hydrogen-bond acceptors (Lipinski definition) is 4. The number of aliphatic carboxylic acids is 1. The minimum absolute atomic E-state index is 0.0396. The summed E-state index contributed by atoms with van der Waals surface area (Å²) in [6.45, 7) is 6.06. The molecule has 2 amide bonds. The molecule has 1 aliphatic carbocycles. The summed E-state index contributed by atoms with van der Waals surface area (Å²) < 4.78 is 1.71. The zero-order valence-corrected chi connectivity index (χ0v) is 18.4. The van der Waals surface area contributed by atoms with Crippen LogP contribution in [0.2, 0.25) is 0 Å². The van der Waals surface area contributed by atoms with Gasteiger partial charge < -0.3 is 14.9 Å². The first-order chi connectivity index (χ1) is 15.2. The number of carboxylic acids is 1. The Morgan fingerprint density at radius 1 is 1.06 bits per heavy atom. The third-order valence-corrected chi connectivity index (χ3v) is 7.44. The molecule has 0 radical (unpaired) electrons. The van der Waals surface area contributed by atoms with Crippen molar-refractivity contribution in [2.24, 2.45) is 22.7 Å². The van der Waals surface area contributed by atoms with Crippen LogP contribution in [0.5, 0.6) is 0 Å². The highest BCUT2D eigenvalue weighted by molar-refractivity contribution is 5.94. The van der Waals surface area contributed by atoms with Crippen molar-refractivity contribution in [1.29, 1.82) is 0 Å². The standard InChI is InChI=1S/C24H28N4O4/c1-23(2)8-18(23)21(30)27-14-24(15-27)13-26(12-19(24)22(31)32)20(29)17-9-25-28(11-17)10-16-6-4-3-5-7-16/h3-7,9,11,18-19H,8,10,12-15H2,1-2H3,(H,31,32)/t18-,19?/m1/s1. The van der Waals surface area contributed by atoms with Crippen LogP contribution in [0.4, 0.5) is 0 Å². The Morgan fingerprint density at radius 2 is 1.72 bits per heavy atom. The van der Waals surface area contributed by atoms with Crippen LogP contribution in [-0.2, 0) is 16.1 Å². The van der Waals surface area contributed by atoms with Gasteiger partial charge >= 0.3 is 5.97 Å². The van der Waals surface area contributed by atoms with Gasteiger partial charge in [0.1, 0.15) is 0 Å². The maximum absolute atomic E-state index is 13.1. The zero-order chi connectivity index (χ0) is 22.7. The molecule has 2 saturated heterocycles. The molecule has 32 heavy (non-hydrogen) atoms. The highest BCUT2D eigenvalue weighted by atomic mass is 16.4. The Bertz CT molecular complexity index is 1070. The Labute approximate surface area is 186 Å². The van der Waals surface area contributed by atoms with Crippen LogP contribution >= 0.6 is 0 Å². The van der Waals surface area contributed by atoms with Crippen LogP contribution in [0.1, 0.15) is 36.2 Å². The van der Waals surface area contributed by atoms with Gasteiger partial charge in [0, 0.05) is 43.7 Å². The summed E-state index contributed by atoms with van der Waals surface area (Å²) in [4.78, 5) is 41.2. The highest BCUT2D eigenvalue weighted by Gasteiger charge is 2.62. The summed E-state index contributed by atoms with van der Waals surface area (Å²) in [5.41, 5.74) is 1.02. The molecule has 1 aromatic carbocycles. The van der Waals surface area contributed by atoms with E-state index in [2.05, 4.69) is 18.9 Å². The van der Waals surface area contributed by atoms with Crippen molar-refractivity contribution in [2.75, 3.05) is 26.2 Å². The van der Waals surface area contributed by atoms with Crippen molar-refractivity contribution in [2.45, 2.75) is 26.8 Å². The summed E-state index contributed by atoms with van der Waals surface area (Å²) >= 11 is 0. The Hall–Kier alpha value is -3.16. The van der Waals surface area contributed by atoms with Gasteiger partial charge in [-0.2, -0.15) is 5.10 Å². The van der Waals surface area contributed by atoms with Crippen LogP contribution in [0, 0.1) is 22.7 Å². The molecule has 168 valence electrons. The van der Waals surface area contributed by atoms with Gasteiger partial charge in [0.25, 0.3) is 5.91 Å². The van der Waals surface area contributed by atoms with E-state index in [1.807, 2.05) is 30.3 Å². The number of hydrogen-bond donors (Lipinski definition) is 1. The van der Waals surface area contributed by atoms with Gasteiger partial charge in [-0.05, 0) is 17.4 Å². The monoisotopic (exact) mass is 436 g/mol. The van der Waals surface area contributed by atoms with Gasteiger partial charge in [-0.1, -0.05) is 44.2 Å². The van der Waals surface area contributed by atoms with Crippen LogP contribution in [-0.4, -0.2) is 68.6 Å². The average molecular weight is 437 g/mol. The van der Waals surface area contributed by atoms with Gasteiger partial charge in [0.05, 0.1) is 24.2 Å². The van der Waals surface area contributed by atoms with Crippen molar-refractivity contribution in [1.82, 2.24) is 19.6 Å². The molecule has 8 heteroatoms. The topological polar surface area (TPSA) is 95.7 Å². The zero-order valence-electron chi connectivity index (χ0n) is 18.4. The van der Waals surface area contributed by atoms with E-state index in [1.165, 1.54) is 6.20 Å². The lowest BCUT2D eigenvalue weighted by atomic mass is 9.71. The predicted molar refractivity (Wildman–Crippen MR) is 116 cm³/mol. The third-order valence-electron chi connectivity index (χ3n) is 7.44. The molecule has 1 spiro atoms.